The molecular formula is C20H27N3O3. The van der Waals surface area contributed by atoms with Crippen LogP contribution in [-0.4, -0.2) is 48.2 Å². The maximum atomic E-state index is 12.9. The summed E-state index contributed by atoms with van der Waals surface area (Å²) in [6.45, 7) is 7.88. The van der Waals surface area contributed by atoms with E-state index >= 15 is 0 Å². The second-order valence-electron chi connectivity index (χ2n) is 7.01. The molecule has 0 saturated carbocycles. The minimum Gasteiger partial charge on any atom is -0.377 e. The molecule has 2 heterocycles. The molecule has 1 atom stereocenters. The minimum atomic E-state index is -0.0720. The summed E-state index contributed by atoms with van der Waals surface area (Å²) in [5, 5.41) is 5.86. The van der Waals surface area contributed by atoms with Crippen molar-refractivity contribution in [2.75, 3.05) is 24.7 Å². The summed E-state index contributed by atoms with van der Waals surface area (Å²) in [6.07, 6.45) is 2.72. The number of hydrogen-bond acceptors (Lipinski definition) is 4. The van der Waals surface area contributed by atoms with E-state index in [1.807, 2.05) is 43.9 Å². The lowest BCUT2D eigenvalue weighted by Gasteiger charge is -2.34. The van der Waals surface area contributed by atoms with Crippen molar-refractivity contribution < 1.29 is 14.3 Å². The van der Waals surface area contributed by atoms with Gasteiger partial charge in [-0.2, -0.15) is 5.10 Å². The van der Waals surface area contributed by atoms with E-state index in [1.54, 1.807) is 0 Å². The minimum absolute atomic E-state index is 0.0684. The van der Waals surface area contributed by atoms with Crippen molar-refractivity contribution in [2.45, 2.75) is 52.6 Å². The second-order valence-corrected chi connectivity index (χ2v) is 7.01. The van der Waals surface area contributed by atoms with Crippen LogP contribution in [0, 0.1) is 13.8 Å². The highest BCUT2D eigenvalue weighted by atomic mass is 16.5. The summed E-state index contributed by atoms with van der Waals surface area (Å²) in [6, 6.07) is 5.92. The summed E-state index contributed by atoms with van der Waals surface area (Å²) in [4.78, 5) is 27.2. The number of benzene rings is 1. The average molecular weight is 357 g/mol. The maximum Gasteiger partial charge on any atom is 0.270 e. The number of anilines is 1. The van der Waals surface area contributed by atoms with Gasteiger partial charge in [0.05, 0.1) is 11.8 Å². The predicted octanol–water partition coefficient (Wildman–Crippen LogP) is 2.81. The van der Waals surface area contributed by atoms with Gasteiger partial charge in [-0.05, 0) is 50.8 Å². The lowest BCUT2D eigenvalue weighted by molar-refractivity contribution is -0.128. The maximum absolute atomic E-state index is 12.9. The molecule has 0 bridgehead atoms. The zero-order valence-electron chi connectivity index (χ0n) is 15.8. The Labute approximate surface area is 154 Å². The Morgan fingerprint density at radius 1 is 1.31 bits per heavy atom. The quantitative estimate of drug-likeness (QED) is 0.832. The fourth-order valence-corrected chi connectivity index (χ4v) is 3.52. The highest BCUT2D eigenvalue weighted by molar-refractivity contribution is 6.40. The number of ether oxygens (including phenoxy) is 1. The zero-order chi connectivity index (χ0) is 18.7. The molecule has 1 unspecified atom stereocenters. The van der Waals surface area contributed by atoms with Crippen molar-refractivity contribution >= 4 is 23.2 Å². The number of hydrazone groups is 1. The van der Waals surface area contributed by atoms with Crippen LogP contribution in [0.5, 0.6) is 0 Å². The van der Waals surface area contributed by atoms with Crippen LogP contribution in [0.25, 0.3) is 0 Å². The van der Waals surface area contributed by atoms with Gasteiger partial charge in [-0.1, -0.05) is 12.1 Å². The van der Waals surface area contributed by atoms with Crippen molar-refractivity contribution in [1.82, 2.24) is 4.90 Å². The summed E-state index contributed by atoms with van der Waals surface area (Å²) < 4.78 is 5.69. The van der Waals surface area contributed by atoms with Gasteiger partial charge in [0.2, 0.25) is 5.91 Å². The number of carbonyl (C=O) groups excluding carboxylic acids is 2. The normalized spacial score (nSPS) is 21.0. The van der Waals surface area contributed by atoms with Crippen molar-refractivity contribution in [2.24, 2.45) is 5.10 Å². The molecule has 2 amide bonds. The Morgan fingerprint density at radius 3 is 2.88 bits per heavy atom. The Kier molecular flexibility index (Phi) is 5.71. The molecule has 0 aliphatic carbocycles. The summed E-state index contributed by atoms with van der Waals surface area (Å²) >= 11 is 0. The van der Waals surface area contributed by atoms with Gasteiger partial charge in [0.25, 0.3) is 5.91 Å². The molecule has 0 aromatic heterocycles. The van der Waals surface area contributed by atoms with Gasteiger partial charge < -0.3 is 9.64 Å². The van der Waals surface area contributed by atoms with Crippen LogP contribution in [0.15, 0.2) is 23.3 Å². The van der Waals surface area contributed by atoms with Gasteiger partial charge in [0.1, 0.15) is 5.71 Å². The number of piperidine rings is 1. The van der Waals surface area contributed by atoms with Gasteiger partial charge in [-0.3, -0.25) is 9.59 Å². The molecule has 1 saturated heterocycles. The molecule has 6 nitrogen and oxygen atoms in total. The predicted molar refractivity (Wildman–Crippen MR) is 101 cm³/mol. The van der Waals surface area contributed by atoms with E-state index in [1.165, 1.54) is 5.01 Å². The Balaban J connectivity index is 1.82. The first-order chi connectivity index (χ1) is 12.5. The van der Waals surface area contributed by atoms with Gasteiger partial charge in [0.15, 0.2) is 0 Å². The molecule has 0 spiro atoms. The number of hydrogen-bond donors (Lipinski definition) is 0. The van der Waals surface area contributed by atoms with Crippen molar-refractivity contribution in [3.05, 3.63) is 29.3 Å². The number of nitrogens with zero attached hydrogens (tertiary/aromatic N) is 3. The summed E-state index contributed by atoms with van der Waals surface area (Å²) in [5.74, 6) is -0.140. The topological polar surface area (TPSA) is 62.2 Å². The Hall–Kier alpha value is -2.21. The third-order valence-corrected chi connectivity index (χ3v) is 4.94. The fraction of sp³-hybridized carbons (Fsp3) is 0.550. The van der Waals surface area contributed by atoms with E-state index in [0.29, 0.717) is 31.7 Å². The molecular weight excluding hydrogens is 330 g/mol. The SMILES string of the molecule is CCOC1CCCN(C(=O)C2=NN(c3cc(C)ccc3C)C(=O)CC2)C1. The standard InChI is InChI=1S/C20H27N3O3/c1-4-26-16-6-5-11-22(13-16)20(25)17-9-10-19(24)23(21-17)18-12-14(2)7-8-15(18)3/h7-8,12,16H,4-6,9-11,13H2,1-3H3. The van der Waals surface area contributed by atoms with Gasteiger partial charge in [-0.15, -0.1) is 0 Å². The lowest BCUT2D eigenvalue weighted by Crippen LogP contribution is -2.47. The Morgan fingerprint density at radius 2 is 2.12 bits per heavy atom. The lowest BCUT2D eigenvalue weighted by atomic mass is 10.1. The molecule has 1 fully saturated rings. The van der Waals surface area contributed by atoms with E-state index < -0.39 is 0 Å². The molecule has 0 radical (unpaired) electrons. The van der Waals surface area contributed by atoms with Crippen LogP contribution >= 0.6 is 0 Å². The summed E-state index contributed by atoms with van der Waals surface area (Å²) in [5.41, 5.74) is 3.24. The van der Waals surface area contributed by atoms with Gasteiger partial charge >= 0.3 is 0 Å². The largest absolute Gasteiger partial charge is 0.377 e. The molecule has 140 valence electrons. The van der Waals surface area contributed by atoms with Crippen LogP contribution in [0.4, 0.5) is 5.69 Å². The number of aryl methyl sites for hydroxylation is 2. The molecule has 2 aliphatic rings. The third-order valence-electron chi connectivity index (χ3n) is 4.94. The molecule has 1 aromatic carbocycles. The van der Waals surface area contributed by atoms with Crippen LogP contribution in [0.1, 0.15) is 43.7 Å². The van der Waals surface area contributed by atoms with E-state index in [-0.39, 0.29) is 17.9 Å². The average Bonchev–Trinajstić information content (AvgIpc) is 2.64. The van der Waals surface area contributed by atoms with Crippen molar-refractivity contribution in [3.63, 3.8) is 0 Å². The summed E-state index contributed by atoms with van der Waals surface area (Å²) in [7, 11) is 0. The van der Waals surface area contributed by atoms with E-state index in [0.717, 1.165) is 36.2 Å². The molecule has 26 heavy (non-hydrogen) atoms. The first-order valence-electron chi connectivity index (χ1n) is 9.38. The van der Waals surface area contributed by atoms with Crippen LogP contribution in [0.2, 0.25) is 0 Å². The molecule has 3 rings (SSSR count). The van der Waals surface area contributed by atoms with Crippen LogP contribution in [-0.2, 0) is 14.3 Å². The Bertz CT molecular complexity index is 727. The molecule has 1 aromatic rings. The van der Waals surface area contributed by atoms with Crippen LogP contribution < -0.4 is 5.01 Å². The highest BCUT2D eigenvalue weighted by Gasteiger charge is 2.31. The fourth-order valence-electron chi connectivity index (χ4n) is 3.52. The smallest absolute Gasteiger partial charge is 0.270 e. The van der Waals surface area contributed by atoms with Crippen molar-refractivity contribution in [3.8, 4) is 0 Å². The van der Waals surface area contributed by atoms with E-state index in [4.69, 9.17) is 4.74 Å². The van der Waals surface area contributed by atoms with Crippen molar-refractivity contribution in [1.29, 1.82) is 0 Å². The highest BCUT2D eigenvalue weighted by Crippen LogP contribution is 2.26. The monoisotopic (exact) mass is 357 g/mol. The van der Waals surface area contributed by atoms with E-state index in [2.05, 4.69) is 5.10 Å². The van der Waals surface area contributed by atoms with Gasteiger partial charge in [0, 0.05) is 32.5 Å². The number of carbonyl (C=O) groups is 2. The molecule has 2 aliphatic heterocycles. The number of likely N-dealkylation sites (tertiary alicyclic amines) is 1. The second kappa shape index (κ2) is 7.99. The van der Waals surface area contributed by atoms with E-state index in [9.17, 15) is 9.59 Å². The first kappa shape index (κ1) is 18.6. The van der Waals surface area contributed by atoms with Crippen LogP contribution in [0.3, 0.4) is 0 Å². The zero-order valence-corrected chi connectivity index (χ0v) is 15.8. The third kappa shape index (κ3) is 3.96. The first-order valence-corrected chi connectivity index (χ1v) is 9.38. The number of rotatable bonds is 4. The van der Waals surface area contributed by atoms with Gasteiger partial charge in [-0.25, -0.2) is 5.01 Å². The molecule has 0 N–H and O–H groups in total. The molecule has 6 heteroatoms. The number of amides is 2.